The summed E-state index contributed by atoms with van der Waals surface area (Å²) in [6.45, 7) is 4.36. The number of benzene rings is 1. The SMILES string of the molecule is Cc1nc2ccccc2n1CC(C)C(=O)NN. The molecule has 90 valence electrons. The Balaban J connectivity index is 2.35. The van der Waals surface area contributed by atoms with E-state index in [-0.39, 0.29) is 11.8 Å². The van der Waals surface area contributed by atoms with Crippen LogP contribution in [0.4, 0.5) is 0 Å². The van der Waals surface area contributed by atoms with Crippen LogP contribution in [0.15, 0.2) is 24.3 Å². The Hall–Kier alpha value is -1.88. The van der Waals surface area contributed by atoms with Crippen LogP contribution >= 0.6 is 0 Å². The van der Waals surface area contributed by atoms with Gasteiger partial charge in [-0.05, 0) is 19.1 Å². The van der Waals surface area contributed by atoms with Crippen LogP contribution in [0.3, 0.4) is 0 Å². The van der Waals surface area contributed by atoms with Crippen molar-refractivity contribution in [2.75, 3.05) is 0 Å². The lowest BCUT2D eigenvalue weighted by molar-refractivity contribution is -0.124. The molecule has 2 aromatic rings. The van der Waals surface area contributed by atoms with Gasteiger partial charge in [-0.1, -0.05) is 19.1 Å². The molecule has 5 heteroatoms. The van der Waals surface area contributed by atoms with Crippen molar-refractivity contribution in [2.45, 2.75) is 20.4 Å². The van der Waals surface area contributed by atoms with Gasteiger partial charge in [0.1, 0.15) is 5.82 Å². The van der Waals surface area contributed by atoms with Crippen LogP contribution in [0.1, 0.15) is 12.7 Å². The highest BCUT2D eigenvalue weighted by molar-refractivity contribution is 5.79. The standard InChI is InChI=1S/C12H16N4O/c1-8(12(17)15-13)7-16-9(2)14-10-5-3-4-6-11(10)16/h3-6,8H,7,13H2,1-2H3,(H,15,17). The second-order valence-corrected chi connectivity index (χ2v) is 4.17. The van der Waals surface area contributed by atoms with Crippen molar-refractivity contribution < 1.29 is 4.79 Å². The number of carbonyl (C=O) groups excluding carboxylic acids is 1. The number of amides is 1. The second-order valence-electron chi connectivity index (χ2n) is 4.17. The molecule has 0 spiro atoms. The zero-order chi connectivity index (χ0) is 12.4. The molecule has 1 amide bonds. The van der Waals surface area contributed by atoms with Crippen molar-refractivity contribution >= 4 is 16.9 Å². The van der Waals surface area contributed by atoms with Crippen LogP contribution in [-0.2, 0) is 11.3 Å². The molecule has 1 atom stereocenters. The fourth-order valence-electron chi connectivity index (χ4n) is 1.93. The van der Waals surface area contributed by atoms with Gasteiger partial charge < -0.3 is 4.57 Å². The summed E-state index contributed by atoms with van der Waals surface area (Å²) in [5.74, 6) is 5.68. The minimum atomic E-state index is -0.184. The number of hydrogen-bond acceptors (Lipinski definition) is 3. The van der Waals surface area contributed by atoms with Gasteiger partial charge in [-0.15, -0.1) is 0 Å². The molecule has 17 heavy (non-hydrogen) atoms. The molecular formula is C12H16N4O. The lowest BCUT2D eigenvalue weighted by atomic mass is 10.1. The monoisotopic (exact) mass is 232 g/mol. The number of hydrogen-bond donors (Lipinski definition) is 2. The second kappa shape index (κ2) is 4.55. The molecule has 0 bridgehead atoms. The molecule has 0 saturated carbocycles. The Labute approximate surface area is 99.6 Å². The third-order valence-electron chi connectivity index (χ3n) is 2.89. The summed E-state index contributed by atoms with van der Waals surface area (Å²) < 4.78 is 2.04. The molecule has 1 unspecified atom stereocenters. The van der Waals surface area contributed by atoms with E-state index in [0.29, 0.717) is 6.54 Å². The topological polar surface area (TPSA) is 72.9 Å². The normalized spacial score (nSPS) is 12.6. The van der Waals surface area contributed by atoms with E-state index in [0.717, 1.165) is 16.9 Å². The van der Waals surface area contributed by atoms with Gasteiger partial charge in [0.05, 0.1) is 17.0 Å². The Bertz CT molecular complexity index is 546. The number of hydrazine groups is 1. The van der Waals surface area contributed by atoms with Crippen LogP contribution < -0.4 is 11.3 Å². The largest absolute Gasteiger partial charge is 0.327 e. The molecule has 1 heterocycles. The maximum atomic E-state index is 11.4. The molecule has 0 aliphatic rings. The van der Waals surface area contributed by atoms with E-state index in [1.54, 1.807) is 0 Å². The highest BCUT2D eigenvalue weighted by Crippen LogP contribution is 2.17. The summed E-state index contributed by atoms with van der Waals surface area (Å²) in [6, 6.07) is 7.89. The van der Waals surface area contributed by atoms with Crippen molar-refractivity contribution in [3.63, 3.8) is 0 Å². The van der Waals surface area contributed by atoms with Gasteiger partial charge in [-0.2, -0.15) is 0 Å². The smallest absolute Gasteiger partial charge is 0.238 e. The van der Waals surface area contributed by atoms with Crippen LogP contribution in [0.5, 0.6) is 0 Å². The van der Waals surface area contributed by atoms with Gasteiger partial charge in [0.15, 0.2) is 0 Å². The van der Waals surface area contributed by atoms with Crippen LogP contribution in [0, 0.1) is 12.8 Å². The van der Waals surface area contributed by atoms with Gasteiger partial charge in [0, 0.05) is 6.54 Å². The maximum absolute atomic E-state index is 11.4. The van der Waals surface area contributed by atoms with E-state index < -0.39 is 0 Å². The number of aromatic nitrogens is 2. The third kappa shape index (κ3) is 2.14. The number of imidazole rings is 1. The van der Waals surface area contributed by atoms with Gasteiger partial charge in [-0.25, -0.2) is 10.8 Å². The van der Waals surface area contributed by atoms with Gasteiger partial charge in [-0.3, -0.25) is 10.2 Å². The number of nitrogens with two attached hydrogens (primary N) is 1. The quantitative estimate of drug-likeness (QED) is 0.470. The first-order valence-electron chi connectivity index (χ1n) is 5.56. The molecule has 0 saturated heterocycles. The molecule has 1 aromatic carbocycles. The van der Waals surface area contributed by atoms with Gasteiger partial charge in [0.25, 0.3) is 0 Å². The van der Waals surface area contributed by atoms with E-state index >= 15 is 0 Å². The lowest BCUT2D eigenvalue weighted by Crippen LogP contribution is -2.36. The lowest BCUT2D eigenvalue weighted by Gasteiger charge is -2.12. The molecule has 3 N–H and O–H groups in total. The average molecular weight is 232 g/mol. The zero-order valence-corrected chi connectivity index (χ0v) is 9.97. The molecular weight excluding hydrogens is 216 g/mol. The van der Waals surface area contributed by atoms with Gasteiger partial charge >= 0.3 is 0 Å². The Morgan fingerprint density at radius 1 is 1.53 bits per heavy atom. The number of rotatable bonds is 3. The average Bonchev–Trinajstić information content (AvgIpc) is 2.65. The number of nitrogens with zero attached hydrogens (tertiary/aromatic N) is 2. The number of aryl methyl sites for hydroxylation is 1. The molecule has 0 aliphatic carbocycles. The molecule has 1 aromatic heterocycles. The summed E-state index contributed by atoms with van der Waals surface area (Å²) in [6.07, 6.45) is 0. The van der Waals surface area contributed by atoms with E-state index in [4.69, 9.17) is 5.84 Å². The number of carbonyl (C=O) groups is 1. The first kappa shape index (κ1) is 11.6. The van der Waals surface area contributed by atoms with Crippen molar-refractivity contribution in [2.24, 2.45) is 11.8 Å². The minimum absolute atomic E-state index is 0.165. The fraction of sp³-hybridized carbons (Fsp3) is 0.333. The summed E-state index contributed by atoms with van der Waals surface area (Å²) in [5.41, 5.74) is 4.16. The van der Waals surface area contributed by atoms with E-state index in [9.17, 15) is 4.79 Å². The van der Waals surface area contributed by atoms with Crippen molar-refractivity contribution in [3.05, 3.63) is 30.1 Å². The van der Waals surface area contributed by atoms with Crippen LogP contribution in [0.2, 0.25) is 0 Å². The Kier molecular flexibility index (Phi) is 3.10. The van der Waals surface area contributed by atoms with Gasteiger partial charge in [0.2, 0.25) is 5.91 Å². The van der Waals surface area contributed by atoms with E-state index in [1.807, 2.05) is 42.7 Å². The molecule has 0 radical (unpaired) electrons. The minimum Gasteiger partial charge on any atom is -0.327 e. The van der Waals surface area contributed by atoms with E-state index in [2.05, 4.69) is 10.4 Å². The summed E-state index contributed by atoms with van der Waals surface area (Å²) in [7, 11) is 0. The molecule has 2 rings (SSSR count). The Morgan fingerprint density at radius 3 is 2.94 bits per heavy atom. The number of para-hydroxylation sites is 2. The molecule has 5 nitrogen and oxygen atoms in total. The van der Waals surface area contributed by atoms with Crippen molar-refractivity contribution in [1.82, 2.24) is 15.0 Å². The predicted molar refractivity (Wildman–Crippen MR) is 66.0 cm³/mol. The van der Waals surface area contributed by atoms with E-state index in [1.165, 1.54) is 0 Å². The number of nitrogens with one attached hydrogen (secondary N) is 1. The van der Waals surface area contributed by atoms with Crippen molar-refractivity contribution in [3.8, 4) is 0 Å². The summed E-state index contributed by atoms with van der Waals surface area (Å²) in [4.78, 5) is 15.9. The Morgan fingerprint density at radius 2 is 2.24 bits per heavy atom. The van der Waals surface area contributed by atoms with Crippen LogP contribution in [-0.4, -0.2) is 15.5 Å². The maximum Gasteiger partial charge on any atom is 0.238 e. The first-order chi connectivity index (χ1) is 8.13. The van der Waals surface area contributed by atoms with Crippen LogP contribution in [0.25, 0.3) is 11.0 Å². The highest BCUT2D eigenvalue weighted by Gasteiger charge is 2.15. The summed E-state index contributed by atoms with van der Waals surface area (Å²) >= 11 is 0. The summed E-state index contributed by atoms with van der Waals surface area (Å²) in [5, 5.41) is 0. The number of fused-ring (bicyclic) bond motifs is 1. The zero-order valence-electron chi connectivity index (χ0n) is 9.97. The molecule has 0 fully saturated rings. The highest BCUT2D eigenvalue weighted by atomic mass is 16.2. The predicted octanol–water partition coefficient (Wildman–Crippen LogP) is 0.971. The fourth-order valence-corrected chi connectivity index (χ4v) is 1.93. The van der Waals surface area contributed by atoms with Crippen molar-refractivity contribution in [1.29, 1.82) is 0 Å². The first-order valence-corrected chi connectivity index (χ1v) is 5.56. The third-order valence-corrected chi connectivity index (χ3v) is 2.89. The molecule has 0 aliphatic heterocycles.